The third-order valence-corrected chi connectivity index (χ3v) is 1.67. The molecule has 1 aromatic heterocycles. The van der Waals surface area contributed by atoms with Crippen LogP contribution in [0.5, 0.6) is 5.75 Å². The molecule has 0 aliphatic rings. The van der Waals surface area contributed by atoms with Crippen LogP contribution >= 0.6 is 23.2 Å². The number of ether oxygens (including phenoxy) is 1. The first-order valence-corrected chi connectivity index (χ1v) is 3.94. The van der Waals surface area contributed by atoms with Crippen molar-refractivity contribution < 1.29 is 4.74 Å². The van der Waals surface area contributed by atoms with E-state index in [1.807, 2.05) is 6.92 Å². The molecule has 0 aromatic carbocycles. The van der Waals surface area contributed by atoms with Gasteiger partial charge in [0, 0.05) is 6.20 Å². The summed E-state index contributed by atoms with van der Waals surface area (Å²) in [6, 6.07) is 1.64. The minimum Gasteiger partial charge on any atom is -0.489 e. The number of pyridine rings is 1. The fourth-order valence-corrected chi connectivity index (χ4v) is 1.14. The van der Waals surface area contributed by atoms with Gasteiger partial charge in [-0.15, -0.1) is 0 Å². The fraction of sp³-hybridized carbons (Fsp3) is 0.286. The Bertz CT molecular complexity index is 232. The molecule has 0 N–H and O–H groups in total. The molecule has 0 saturated carbocycles. The van der Waals surface area contributed by atoms with Crippen LogP contribution in [0.25, 0.3) is 0 Å². The summed E-state index contributed by atoms with van der Waals surface area (Å²) in [4.78, 5) is 3.81. The van der Waals surface area contributed by atoms with Gasteiger partial charge in [0.25, 0.3) is 0 Å². The predicted molar refractivity (Wildman–Crippen MR) is 45.4 cm³/mol. The molecule has 11 heavy (non-hydrogen) atoms. The lowest BCUT2D eigenvalue weighted by atomic mass is 10.4. The van der Waals surface area contributed by atoms with Crippen LogP contribution < -0.4 is 4.74 Å². The van der Waals surface area contributed by atoms with Gasteiger partial charge in [0.1, 0.15) is 0 Å². The van der Waals surface area contributed by atoms with E-state index in [1.165, 1.54) is 6.20 Å². The van der Waals surface area contributed by atoms with Crippen LogP contribution in [0.4, 0.5) is 0 Å². The van der Waals surface area contributed by atoms with Gasteiger partial charge in [0.2, 0.25) is 0 Å². The molecule has 0 radical (unpaired) electrons. The van der Waals surface area contributed by atoms with Gasteiger partial charge in [-0.05, 0) is 13.0 Å². The summed E-state index contributed by atoms with van der Waals surface area (Å²) in [5.74, 6) is 0.457. The van der Waals surface area contributed by atoms with Gasteiger partial charge in [-0.1, -0.05) is 23.2 Å². The highest BCUT2D eigenvalue weighted by molar-refractivity contribution is 6.36. The summed E-state index contributed by atoms with van der Waals surface area (Å²) in [6.07, 6.45) is 1.53. The number of hydrogen-bond acceptors (Lipinski definition) is 2. The lowest BCUT2D eigenvalue weighted by Crippen LogP contribution is -1.93. The lowest BCUT2D eigenvalue weighted by Gasteiger charge is -2.05. The van der Waals surface area contributed by atoms with Crippen LogP contribution in [0.15, 0.2) is 12.3 Å². The van der Waals surface area contributed by atoms with Crippen LogP contribution in [0.2, 0.25) is 10.2 Å². The summed E-state index contributed by atoms with van der Waals surface area (Å²) in [5.41, 5.74) is 0. The Morgan fingerprint density at radius 2 is 2.27 bits per heavy atom. The number of rotatable bonds is 2. The van der Waals surface area contributed by atoms with Gasteiger partial charge in [0.15, 0.2) is 10.9 Å². The summed E-state index contributed by atoms with van der Waals surface area (Å²) in [7, 11) is 0. The highest BCUT2D eigenvalue weighted by Crippen LogP contribution is 2.29. The molecule has 1 aromatic rings. The highest BCUT2D eigenvalue weighted by atomic mass is 35.5. The average molecular weight is 192 g/mol. The van der Waals surface area contributed by atoms with Crippen molar-refractivity contribution in [1.29, 1.82) is 0 Å². The number of hydrogen-bond donors (Lipinski definition) is 0. The number of nitrogens with zero attached hydrogens (tertiary/aromatic N) is 1. The smallest absolute Gasteiger partial charge is 0.175 e. The van der Waals surface area contributed by atoms with Crippen LogP contribution in [0, 0.1) is 0 Å². The molecule has 0 atom stereocenters. The van der Waals surface area contributed by atoms with E-state index < -0.39 is 0 Å². The summed E-state index contributed by atoms with van der Waals surface area (Å²) < 4.78 is 5.14. The second kappa shape index (κ2) is 3.79. The minimum absolute atomic E-state index is 0.305. The van der Waals surface area contributed by atoms with Crippen molar-refractivity contribution in [1.82, 2.24) is 4.98 Å². The van der Waals surface area contributed by atoms with E-state index in [-0.39, 0.29) is 0 Å². The molecule has 60 valence electrons. The third-order valence-electron chi connectivity index (χ3n) is 1.10. The molecular weight excluding hydrogens is 185 g/mol. The minimum atomic E-state index is 0.305. The van der Waals surface area contributed by atoms with E-state index in [2.05, 4.69) is 4.98 Å². The molecule has 0 spiro atoms. The first kappa shape index (κ1) is 8.62. The molecule has 0 amide bonds. The molecule has 4 heteroatoms. The van der Waals surface area contributed by atoms with Gasteiger partial charge in [0.05, 0.1) is 11.6 Å². The summed E-state index contributed by atoms with van der Waals surface area (Å²) in [5, 5.41) is 0.797. The third kappa shape index (κ3) is 1.98. The second-order valence-electron chi connectivity index (χ2n) is 1.85. The molecule has 0 bridgehead atoms. The molecule has 1 rings (SSSR count). The Hall–Kier alpha value is -0.470. The molecule has 2 nitrogen and oxygen atoms in total. The molecule has 0 fully saturated rings. The molecule has 0 aliphatic carbocycles. The fourth-order valence-electron chi connectivity index (χ4n) is 0.674. The Morgan fingerprint density at radius 1 is 1.55 bits per heavy atom. The molecular formula is C7H7Cl2NO. The van der Waals surface area contributed by atoms with Gasteiger partial charge < -0.3 is 4.74 Å². The van der Waals surface area contributed by atoms with Gasteiger partial charge >= 0.3 is 0 Å². The molecule has 0 saturated heterocycles. The van der Waals surface area contributed by atoms with Crippen molar-refractivity contribution in [3.05, 3.63) is 22.4 Å². The molecule has 1 heterocycles. The molecule has 0 aliphatic heterocycles. The Balaban J connectivity index is 3.00. The van der Waals surface area contributed by atoms with Gasteiger partial charge in [-0.2, -0.15) is 0 Å². The SMILES string of the molecule is CCOc1c(Cl)ccnc1Cl. The van der Waals surface area contributed by atoms with Crippen molar-refractivity contribution in [3.63, 3.8) is 0 Å². The van der Waals surface area contributed by atoms with Crippen LogP contribution in [-0.2, 0) is 0 Å². The Morgan fingerprint density at radius 3 is 2.82 bits per heavy atom. The standard InChI is InChI=1S/C7H7Cl2NO/c1-2-11-6-5(8)3-4-10-7(6)9/h3-4H,2H2,1H3. The van der Waals surface area contributed by atoms with E-state index in [1.54, 1.807) is 6.07 Å². The first-order valence-electron chi connectivity index (χ1n) is 3.18. The van der Waals surface area contributed by atoms with Crippen molar-refractivity contribution in [2.75, 3.05) is 6.61 Å². The number of aromatic nitrogens is 1. The maximum atomic E-state index is 5.76. The predicted octanol–water partition coefficient (Wildman–Crippen LogP) is 2.79. The molecule has 0 unspecified atom stereocenters. The quantitative estimate of drug-likeness (QED) is 0.672. The normalized spacial score (nSPS) is 9.73. The Kier molecular flexibility index (Phi) is 2.97. The van der Waals surface area contributed by atoms with Crippen LogP contribution in [-0.4, -0.2) is 11.6 Å². The van der Waals surface area contributed by atoms with Crippen molar-refractivity contribution in [2.45, 2.75) is 6.92 Å². The lowest BCUT2D eigenvalue weighted by molar-refractivity contribution is 0.339. The monoisotopic (exact) mass is 191 g/mol. The van der Waals surface area contributed by atoms with Crippen LogP contribution in [0.1, 0.15) is 6.92 Å². The zero-order chi connectivity index (χ0) is 8.27. The maximum absolute atomic E-state index is 5.76. The Labute approximate surface area is 75.1 Å². The van der Waals surface area contributed by atoms with E-state index in [9.17, 15) is 0 Å². The van der Waals surface area contributed by atoms with Gasteiger partial charge in [-0.3, -0.25) is 0 Å². The van der Waals surface area contributed by atoms with Gasteiger partial charge in [-0.25, -0.2) is 4.98 Å². The van der Waals surface area contributed by atoms with E-state index in [4.69, 9.17) is 27.9 Å². The average Bonchev–Trinajstić information content (AvgIpc) is 1.97. The topological polar surface area (TPSA) is 22.1 Å². The van der Waals surface area contributed by atoms with Crippen LogP contribution in [0.3, 0.4) is 0 Å². The maximum Gasteiger partial charge on any atom is 0.175 e. The summed E-state index contributed by atoms with van der Waals surface area (Å²) in [6.45, 7) is 2.39. The zero-order valence-electron chi connectivity index (χ0n) is 5.97. The van der Waals surface area contributed by atoms with E-state index in [0.29, 0.717) is 22.5 Å². The van der Waals surface area contributed by atoms with E-state index in [0.717, 1.165) is 0 Å². The van der Waals surface area contributed by atoms with Crippen molar-refractivity contribution >= 4 is 23.2 Å². The second-order valence-corrected chi connectivity index (χ2v) is 2.61. The highest BCUT2D eigenvalue weighted by Gasteiger charge is 2.05. The zero-order valence-corrected chi connectivity index (χ0v) is 7.49. The largest absolute Gasteiger partial charge is 0.489 e. The first-order chi connectivity index (χ1) is 5.25. The summed E-state index contributed by atoms with van der Waals surface area (Å²) >= 11 is 11.4. The number of halogens is 2. The van der Waals surface area contributed by atoms with Crippen molar-refractivity contribution in [3.8, 4) is 5.75 Å². The van der Waals surface area contributed by atoms with Crippen molar-refractivity contribution in [2.24, 2.45) is 0 Å². The van der Waals surface area contributed by atoms with E-state index >= 15 is 0 Å².